The number of aliphatic imine (C=N–C) groups is 1. The number of hydrogen-bond acceptors (Lipinski definition) is 2. The molecular formula is C18H22F2N4. The average Bonchev–Trinajstić information content (AvgIpc) is 2.56. The molecule has 0 amide bonds. The molecule has 2 aromatic rings. The first-order chi connectivity index (χ1) is 11.5. The number of nitrogens with one attached hydrogen (secondary N) is 2. The van der Waals surface area contributed by atoms with Crippen molar-refractivity contribution in [3.63, 3.8) is 0 Å². The van der Waals surface area contributed by atoms with Gasteiger partial charge >= 0.3 is 0 Å². The highest BCUT2D eigenvalue weighted by Gasteiger charge is 2.06. The van der Waals surface area contributed by atoms with Crippen LogP contribution in [0.25, 0.3) is 0 Å². The van der Waals surface area contributed by atoms with E-state index in [1.54, 1.807) is 44.2 Å². The van der Waals surface area contributed by atoms with Crippen LogP contribution in [0.3, 0.4) is 0 Å². The summed E-state index contributed by atoms with van der Waals surface area (Å²) < 4.78 is 26.8. The number of nitrogens with zero attached hydrogens (tertiary/aromatic N) is 2. The molecule has 0 aromatic heterocycles. The van der Waals surface area contributed by atoms with Gasteiger partial charge in [0.25, 0.3) is 0 Å². The van der Waals surface area contributed by atoms with Crippen molar-refractivity contribution in [1.29, 1.82) is 0 Å². The zero-order valence-corrected chi connectivity index (χ0v) is 14.1. The molecule has 2 rings (SSSR count). The van der Waals surface area contributed by atoms with Gasteiger partial charge in [0.1, 0.15) is 11.6 Å². The summed E-state index contributed by atoms with van der Waals surface area (Å²) in [6, 6.07) is 11.4. The number of hydrogen-bond donors (Lipinski definition) is 2. The fourth-order valence-electron chi connectivity index (χ4n) is 2.22. The minimum absolute atomic E-state index is 0.256. The third-order valence-electron chi connectivity index (χ3n) is 3.55. The first-order valence-electron chi connectivity index (χ1n) is 7.64. The monoisotopic (exact) mass is 332 g/mol. The topological polar surface area (TPSA) is 39.7 Å². The van der Waals surface area contributed by atoms with Gasteiger partial charge in [-0.25, -0.2) is 8.78 Å². The molecule has 0 fully saturated rings. The Kier molecular flexibility index (Phi) is 6.12. The van der Waals surface area contributed by atoms with Crippen LogP contribution < -0.4 is 15.5 Å². The van der Waals surface area contributed by atoms with E-state index in [1.807, 2.05) is 6.07 Å². The highest BCUT2D eigenvalue weighted by molar-refractivity contribution is 5.79. The maximum atomic E-state index is 14.0. The Labute approximate surface area is 141 Å². The Bertz CT molecular complexity index is 697. The van der Waals surface area contributed by atoms with E-state index in [1.165, 1.54) is 18.2 Å². The van der Waals surface area contributed by atoms with Crippen molar-refractivity contribution in [2.24, 2.45) is 4.99 Å². The van der Waals surface area contributed by atoms with Crippen molar-refractivity contribution in [1.82, 2.24) is 10.6 Å². The minimum Gasteiger partial charge on any atom is -0.375 e. The molecule has 0 aliphatic heterocycles. The fourth-order valence-corrected chi connectivity index (χ4v) is 2.22. The van der Waals surface area contributed by atoms with E-state index in [0.717, 1.165) is 11.1 Å². The summed E-state index contributed by atoms with van der Waals surface area (Å²) in [5.41, 5.74) is 2.32. The van der Waals surface area contributed by atoms with Crippen LogP contribution in [0.5, 0.6) is 0 Å². The van der Waals surface area contributed by atoms with E-state index in [2.05, 4.69) is 15.6 Å². The molecule has 0 heterocycles. The van der Waals surface area contributed by atoms with Crippen LogP contribution in [0, 0.1) is 11.6 Å². The van der Waals surface area contributed by atoms with E-state index in [9.17, 15) is 8.78 Å². The quantitative estimate of drug-likeness (QED) is 0.653. The highest BCUT2D eigenvalue weighted by Crippen LogP contribution is 2.18. The van der Waals surface area contributed by atoms with Crippen LogP contribution in [0.4, 0.5) is 14.5 Å². The van der Waals surface area contributed by atoms with Gasteiger partial charge < -0.3 is 15.5 Å². The van der Waals surface area contributed by atoms with E-state index < -0.39 is 0 Å². The second kappa shape index (κ2) is 8.29. The van der Waals surface area contributed by atoms with Crippen LogP contribution in [0.1, 0.15) is 11.1 Å². The summed E-state index contributed by atoms with van der Waals surface area (Å²) in [5.74, 6) is 0.0782. The number of rotatable bonds is 5. The molecule has 2 aromatic carbocycles. The third kappa shape index (κ3) is 4.94. The van der Waals surface area contributed by atoms with Gasteiger partial charge in [-0.1, -0.05) is 18.2 Å². The van der Waals surface area contributed by atoms with Crippen molar-refractivity contribution in [3.8, 4) is 0 Å². The third-order valence-corrected chi connectivity index (χ3v) is 3.55. The molecule has 0 saturated carbocycles. The molecule has 0 unspecified atom stereocenters. The van der Waals surface area contributed by atoms with Gasteiger partial charge in [0.05, 0.1) is 5.69 Å². The Hall–Kier alpha value is -2.63. The number of anilines is 1. The van der Waals surface area contributed by atoms with Crippen LogP contribution in [0.2, 0.25) is 0 Å². The van der Waals surface area contributed by atoms with Gasteiger partial charge in [0.2, 0.25) is 0 Å². The molecule has 0 aliphatic carbocycles. The van der Waals surface area contributed by atoms with Crippen LogP contribution in [-0.2, 0) is 13.1 Å². The molecule has 6 heteroatoms. The summed E-state index contributed by atoms with van der Waals surface area (Å²) in [4.78, 5) is 5.85. The van der Waals surface area contributed by atoms with Gasteiger partial charge in [-0.3, -0.25) is 4.99 Å². The van der Waals surface area contributed by atoms with E-state index in [4.69, 9.17) is 0 Å². The van der Waals surface area contributed by atoms with Crippen LogP contribution >= 0.6 is 0 Å². The maximum Gasteiger partial charge on any atom is 0.191 e. The maximum absolute atomic E-state index is 14.0. The largest absolute Gasteiger partial charge is 0.375 e. The van der Waals surface area contributed by atoms with E-state index in [0.29, 0.717) is 24.7 Å². The summed E-state index contributed by atoms with van der Waals surface area (Å²) in [7, 11) is 5.27. The summed E-state index contributed by atoms with van der Waals surface area (Å²) >= 11 is 0. The number of guanidine groups is 1. The first kappa shape index (κ1) is 17.7. The van der Waals surface area contributed by atoms with Gasteiger partial charge in [0.15, 0.2) is 5.96 Å². The Morgan fingerprint density at radius 1 is 0.958 bits per heavy atom. The SMILES string of the molecule is CN=C(NCc1ccc(F)cc1)NCc1ccc(N(C)C)c(F)c1. The van der Waals surface area contributed by atoms with Crippen LogP contribution in [-0.4, -0.2) is 27.1 Å². The number of benzene rings is 2. The number of halogens is 2. The minimum atomic E-state index is -0.260. The summed E-state index contributed by atoms with van der Waals surface area (Å²) in [6.07, 6.45) is 0. The standard InChI is InChI=1S/C18H22F2N4/c1-21-18(22-11-13-4-7-15(19)8-5-13)23-12-14-6-9-17(24(2)3)16(20)10-14/h4-10H,11-12H2,1-3H3,(H2,21,22,23). The molecule has 2 N–H and O–H groups in total. The van der Waals surface area contributed by atoms with Gasteiger partial charge in [-0.05, 0) is 35.4 Å². The molecular weight excluding hydrogens is 310 g/mol. The van der Waals surface area contributed by atoms with Gasteiger partial charge in [0, 0.05) is 34.2 Å². The molecule has 4 nitrogen and oxygen atoms in total. The first-order valence-corrected chi connectivity index (χ1v) is 7.64. The zero-order valence-electron chi connectivity index (χ0n) is 14.1. The average molecular weight is 332 g/mol. The smallest absolute Gasteiger partial charge is 0.191 e. The van der Waals surface area contributed by atoms with E-state index >= 15 is 0 Å². The second-order valence-corrected chi connectivity index (χ2v) is 5.59. The lowest BCUT2D eigenvalue weighted by molar-refractivity contribution is 0.622. The molecule has 0 radical (unpaired) electrons. The van der Waals surface area contributed by atoms with Crippen molar-refractivity contribution in [2.45, 2.75) is 13.1 Å². The summed E-state index contributed by atoms with van der Waals surface area (Å²) in [5, 5.41) is 6.26. The Morgan fingerprint density at radius 3 is 2.08 bits per heavy atom. The molecule has 0 bridgehead atoms. The Morgan fingerprint density at radius 2 is 1.54 bits per heavy atom. The molecule has 0 aliphatic rings. The van der Waals surface area contributed by atoms with Crippen molar-refractivity contribution >= 4 is 11.6 Å². The van der Waals surface area contributed by atoms with Crippen LogP contribution in [0.15, 0.2) is 47.5 Å². The fraction of sp³-hybridized carbons (Fsp3) is 0.278. The summed E-state index contributed by atoms with van der Waals surface area (Å²) in [6.45, 7) is 0.974. The lowest BCUT2D eigenvalue weighted by atomic mass is 10.2. The van der Waals surface area contributed by atoms with Crippen molar-refractivity contribution < 1.29 is 8.78 Å². The normalized spacial score (nSPS) is 11.3. The lowest BCUT2D eigenvalue weighted by Gasteiger charge is -2.15. The molecule has 24 heavy (non-hydrogen) atoms. The molecule has 0 spiro atoms. The zero-order chi connectivity index (χ0) is 17.5. The van der Waals surface area contributed by atoms with Gasteiger partial charge in [-0.2, -0.15) is 0 Å². The molecule has 0 saturated heterocycles. The predicted molar refractivity (Wildman–Crippen MR) is 94.2 cm³/mol. The second-order valence-electron chi connectivity index (χ2n) is 5.59. The lowest BCUT2D eigenvalue weighted by Crippen LogP contribution is -2.36. The predicted octanol–water partition coefficient (Wildman–Crippen LogP) is 2.90. The van der Waals surface area contributed by atoms with Crippen molar-refractivity contribution in [3.05, 3.63) is 65.2 Å². The van der Waals surface area contributed by atoms with Gasteiger partial charge in [-0.15, -0.1) is 0 Å². The molecule has 0 atom stereocenters. The van der Waals surface area contributed by atoms with E-state index in [-0.39, 0.29) is 11.6 Å². The molecule has 128 valence electrons. The highest BCUT2D eigenvalue weighted by atomic mass is 19.1. The Balaban J connectivity index is 1.89. The van der Waals surface area contributed by atoms with Crippen molar-refractivity contribution in [2.75, 3.05) is 26.0 Å².